The zero-order chi connectivity index (χ0) is 9.41. The minimum atomic E-state index is -2.75. The fourth-order valence-corrected chi connectivity index (χ4v) is 1.28. The van der Waals surface area contributed by atoms with E-state index in [4.69, 9.17) is 4.74 Å². The Morgan fingerprint density at radius 2 is 2.08 bits per heavy atom. The molecule has 1 heterocycles. The van der Waals surface area contributed by atoms with Crippen molar-refractivity contribution in [3.05, 3.63) is 0 Å². The average Bonchev–Trinajstić information content (AvgIpc) is 1.83. The Bertz CT molecular complexity index is 203. The molecule has 1 rings (SSSR count). The van der Waals surface area contributed by atoms with Gasteiger partial charge in [-0.15, -0.1) is 0 Å². The Labute approximate surface area is 69.9 Å². The first-order valence-corrected chi connectivity index (χ1v) is 3.89. The number of alkyl halides is 2. The Morgan fingerprint density at radius 3 is 2.42 bits per heavy atom. The van der Waals surface area contributed by atoms with Gasteiger partial charge in [0.2, 0.25) is 0 Å². The van der Waals surface area contributed by atoms with Gasteiger partial charge < -0.3 is 4.74 Å². The van der Waals surface area contributed by atoms with Gasteiger partial charge in [0, 0.05) is 12.8 Å². The summed E-state index contributed by atoms with van der Waals surface area (Å²) < 4.78 is 30.7. The molecule has 0 N–H and O–H groups in total. The van der Waals surface area contributed by atoms with Crippen LogP contribution in [0.15, 0.2) is 0 Å². The molecule has 1 fully saturated rings. The van der Waals surface area contributed by atoms with Crippen molar-refractivity contribution in [2.45, 2.75) is 38.2 Å². The van der Waals surface area contributed by atoms with Gasteiger partial charge in [-0.1, -0.05) is 0 Å². The van der Waals surface area contributed by atoms with Crippen molar-refractivity contribution in [2.24, 2.45) is 0 Å². The highest BCUT2D eigenvalue weighted by molar-refractivity contribution is 5.84. The van der Waals surface area contributed by atoms with Gasteiger partial charge in [0.1, 0.15) is 5.60 Å². The SMILES string of the molecule is CC(=O)[C@@]1(C)CC(F)(F)CCO1. The number of carbonyl (C=O) groups excluding carboxylic acids is 1. The summed E-state index contributed by atoms with van der Waals surface area (Å²) in [7, 11) is 0. The molecule has 0 aromatic rings. The molecule has 1 aliphatic heterocycles. The largest absolute Gasteiger partial charge is 0.367 e. The summed E-state index contributed by atoms with van der Waals surface area (Å²) in [5, 5.41) is 0. The van der Waals surface area contributed by atoms with Crippen LogP contribution < -0.4 is 0 Å². The van der Waals surface area contributed by atoms with Crippen molar-refractivity contribution in [1.29, 1.82) is 0 Å². The third kappa shape index (κ3) is 1.80. The number of hydrogen-bond donors (Lipinski definition) is 0. The monoisotopic (exact) mass is 178 g/mol. The van der Waals surface area contributed by atoms with E-state index in [1.807, 2.05) is 0 Å². The number of carbonyl (C=O) groups is 1. The zero-order valence-electron chi connectivity index (χ0n) is 7.19. The van der Waals surface area contributed by atoms with E-state index >= 15 is 0 Å². The normalized spacial score (nSPS) is 34.7. The molecule has 0 aromatic heterocycles. The number of hydrogen-bond acceptors (Lipinski definition) is 2. The second kappa shape index (κ2) is 2.76. The molecule has 1 saturated heterocycles. The first-order chi connectivity index (χ1) is 5.36. The highest BCUT2D eigenvalue weighted by Crippen LogP contribution is 2.36. The van der Waals surface area contributed by atoms with Crippen LogP contribution in [0.25, 0.3) is 0 Å². The van der Waals surface area contributed by atoms with E-state index in [0.717, 1.165) is 0 Å². The third-order valence-corrected chi connectivity index (χ3v) is 2.23. The van der Waals surface area contributed by atoms with Crippen LogP contribution in [0.3, 0.4) is 0 Å². The predicted octanol–water partition coefficient (Wildman–Crippen LogP) is 1.78. The van der Waals surface area contributed by atoms with Crippen molar-refractivity contribution < 1.29 is 18.3 Å². The van der Waals surface area contributed by atoms with Crippen LogP contribution in [0.4, 0.5) is 8.78 Å². The van der Waals surface area contributed by atoms with E-state index in [2.05, 4.69) is 0 Å². The van der Waals surface area contributed by atoms with E-state index in [0.29, 0.717) is 0 Å². The van der Waals surface area contributed by atoms with Gasteiger partial charge in [-0.3, -0.25) is 4.79 Å². The standard InChI is InChI=1S/C8H12F2O2/c1-6(11)7(2)5-8(9,10)3-4-12-7/h3-5H2,1-2H3/t7-/m1/s1. The van der Waals surface area contributed by atoms with Crippen molar-refractivity contribution in [2.75, 3.05) is 6.61 Å². The van der Waals surface area contributed by atoms with Gasteiger partial charge >= 0.3 is 0 Å². The minimum absolute atomic E-state index is 0.0386. The summed E-state index contributed by atoms with van der Waals surface area (Å²) in [6, 6.07) is 0. The van der Waals surface area contributed by atoms with Crippen LogP contribution in [-0.2, 0) is 9.53 Å². The maximum atomic E-state index is 12.8. The van der Waals surface area contributed by atoms with Crippen molar-refractivity contribution in [3.8, 4) is 0 Å². The summed E-state index contributed by atoms with van der Waals surface area (Å²) in [5.74, 6) is -3.08. The van der Waals surface area contributed by atoms with Crippen molar-refractivity contribution >= 4 is 5.78 Å². The molecule has 0 spiro atoms. The maximum absolute atomic E-state index is 12.8. The second-order valence-corrected chi connectivity index (χ2v) is 3.42. The molecule has 4 heteroatoms. The molecule has 2 nitrogen and oxygen atoms in total. The Hall–Kier alpha value is -0.510. The molecule has 70 valence electrons. The van der Waals surface area contributed by atoms with Crippen LogP contribution in [0.5, 0.6) is 0 Å². The van der Waals surface area contributed by atoms with Gasteiger partial charge in [-0.2, -0.15) is 0 Å². The van der Waals surface area contributed by atoms with E-state index < -0.39 is 17.9 Å². The van der Waals surface area contributed by atoms with Crippen LogP contribution in [0.1, 0.15) is 26.7 Å². The molecule has 1 atom stereocenters. The van der Waals surface area contributed by atoms with Gasteiger partial charge in [0.05, 0.1) is 6.61 Å². The molecular formula is C8H12F2O2. The Kier molecular flexibility index (Phi) is 2.21. The summed E-state index contributed by atoms with van der Waals surface area (Å²) in [6.07, 6.45) is -0.773. The summed E-state index contributed by atoms with van der Waals surface area (Å²) in [6.45, 7) is 2.66. The number of rotatable bonds is 1. The van der Waals surface area contributed by atoms with E-state index in [9.17, 15) is 13.6 Å². The average molecular weight is 178 g/mol. The van der Waals surface area contributed by atoms with Gasteiger partial charge in [0.25, 0.3) is 5.92 Å². The van der Waals surface area contributed by atoms with Gasteiger partial charge in [0.15, 0.2) is 5.78 Å². The molecule has 12 heavy (non-hydrogen) atoms. The predicted molar refractivity (Wildman–Crippen MR) is 39.2 cm³/mol. The second-order valence-electron chi connectivity index (χ2n) is 3.42. The molecule has 0 radical (unpaired) electrons. The Morgan fingerprint density at radius 1 is 1.50 bits per heavy atom. The van der Waals surface area contributed by atoms with Gasteiger partial charge in [-0.05, 0) is 13.8 Å². The topological polar surface area (TPSA) is 26.3 Å². The van der Waals surface area contributed by atoms with Crippen molar-refractivity contribution in [1.82, 2.24) is 0 Å². The summed E-state index contributed by atoms with van der Waals surface area (Å²) >= 11 is 0. The molecule has 0 aromatic carbocycles. The lowest BCUT2D eigenvalue weighted by atomic mass is 9.90. The zero-order valence-corrected chi connectivity index (χ0v) is 7.19. The van der Waals surface area contributed by atoms with Crippen LogP contribution in [0, 0.1) is 0 Å². The fraction of sp³-hybridized carbons (Fsp3) is 0.875. The lowest BCUT2D eigenvalue weighted by molar-refractivity contribution is -0.181. The van der Waals surface area contributed by atoms with Gasteiger partial charge in [-0.25, -0.2) is 8.78 Å². The molecule has 0 amide bonds. The van der Waals surface area contributed by atoms with Crippen LogP contribution in [-0.4, -0.2) is 23.9 Å². The lowest BCUT2D eigenvalue weighted by Gasteiger charge is -2.35. The fourth-order valence-electron chi connectivity index (χ4n) is 1.28. The highest BCUT2D eigenvalue weighted by Gasteiger charge is 2.46. The summed E-state index contributed by atoms with van der Waals surface area (Å²) in [4.78, 5) is 11.0. The quantitative estimate of drug-likeness (QED) is 0.611. The van der Waals surface area contributed by atoms with Crippen molar-refractivity contribution in [3.63, 3.8) is 0 Å². The van der Waals surface area contributed by atoms with E-state index in [-0.39, 0.29) is 18.8 Å². The van der Waals surface area contributed by atoms with Crippen LogP contribution >= 0.6 is 0 Å². The van der Waals surface area contributed by atoms with E-state index in [1.165, 1.54) is 13.8 Å². The highest BCUT2D eigenvalue weighted by atomic mass is 19.3. The summed E-state index contributed by atoms with van der Waals surface area (Å²) in [5.41, 5.74) is -1.28. The third-order valence-electron chi connectivity index (χ3n) is 2.23. The number of ether oxygens (including phenoxy) is 1. The van der Waals surface area contributed by atoms with E-state index in [1.54, 1.807) is 0 Å². The molecule has 1 aliphatic rings. The number of Topliss-reactive ketones (excluding diaryl/α,β-unsaturated/α-hetero) is 1. The molecule has 0 aliphatic carbocycles. The molecular weight excluding hydrogens is 166 g/mol. The van der Waals surface area contributed by atoms with Crippen LogP contribution in [0.2, 0.25) is 0 Å². The molecule has 0 unspecified atom stereocenters. The number of halogens is 2. The number of ketones is 1. The first-order valence-electron chi connectivity index (χ1n) is 3.89. The molecule has 0 bridgehead atoms. The maximum Gasteiger partial charge on any atom is 0.253 e. The minimum Gasteiger partial charge on any atom is -0.367 e. The smallest absolute Gasteiger partial charge is 0.253 e. The first kappa shape index (κ1) is 9.58. The molecule has 0 saturated carbocycles. The lowest BCUT2D eigenvalue weighted by Crippen LogP contribution is -2.47. The Balaban J connectivity index is 2.74.